The molecule has 100 valence electrons. The van der Waals surface area contributed by atoms with Crippen LogP contribution in [0.2, 0.25) is 0 Å². The van der Waals surface area contributed by atoms with Gasteiger partial charge in [-0.1, -0.05) is 12.8 Å². The lowest BCUT2D eigenvalue weighted by Crippen LogP contribution is -2.47. The summed E-state index contributed by atoms with van der Waals surface area (Å²) in [5.74, 6) is -1.40. The number of aliphatic carboxylic acids is 1. The van der Waals surface area contributed by atoms with Gasteiger partial charge in [-0.2, -0.15) is 0 Å². The maximum absolute atomic E-state index is 10.8. The van der Waals surface area contributed by atoms with Crippen LogP contribution in [0, 0.1) is 5.41 Å². The number of rotatable bonds is 1. The molecule has 0 aromatic carbocycles. The molecule has 6 nitrogen and oxygen atoms in total. The monoisotopic (exact) mass is 254 g/mol. The SMILES string of the molecule is CC1(C(=O)O)CCCCC1N.O=C1C=CC(=O)N1. The van der Waals surface area contributed by atoms with E-state index in [9.17, 15) is 14.4 Å². The Bertz CT molecular complexity index is 376. The van der Waals surface area contributed by atoms with Gasteiger partial charge in [0.15, 0.2) is 0 Å². The van der Waals surface area contributed by atoms with Crippen LogP contribution in [0.5, 0.6) is 0 Å². The molecule has 0 bridgehead atoms. The second-order valence-electron chi connectivity index (χ2n) is 4.76. The number of hydrogen-bond donors (Lipinski definition) is 3. The molecule has 1 aliphatic carbocycles. The van der Waals surface area contributed by atoms with Gasteiger partial charge >= 0.3 is 5.97 Å². The molecule has 2 unspecified atom stereocenters. The van der Waals surface area contributed by atoms with Crippen molar-refractivity contribution in [3.8, 4) is 0 Å². The molecule has 1 fully saturated rings. The summed E-state index contributed by atoms with van der Waals surface area (Å²) in [6.45, 7) is 1.75. The van der Waals surface area contributed by atoms with Gasteiger partial charge in [-0.15, -0.1) is 0 Å². The summed E-state index contributed by atoms with van der Waals surface area (Å²) in [6, 6.07) is -0.159. The number of carboxylic acids is 1. The molecule has 0 saturated heterocycles. The fourth-order valence-corrected chi connectivity index (χ4v) is 1.98. The zero-order valence-electron chi connectivity index (χ0n) is 10.3. The van der Waals surface area contributed by atoms with Gasteiger partial charge in [0, 0.05) is 18.2 Å². The van der Waals surface area contributed by atoms with E-state index in [2.05, 4.69) is 0 Å². The van der Waals surface area contributed by atoms with Crippen LogP contribution in [0.4, 0.5) is 0 Å². The van der Waals surface area contributed by atoms with Crippen molar-refractivity contribution in [2.24, 2.45) is 11.1 Å². The highest BCUT2D eigenvalue weighted by atomic mass is 16.4. The van der Waals surface area contributed by atoms with Crippen LogP contribution >= 0.6 is 0 Å². The standard InChI is InChI=1S/C8H15NO2.C4H3NO2/c1-8(7(10)11)5-3-2-4-6(8)9;6-3-1-2-4(7)5-3/h6H,2-5,9H2,1H3,(H,10,11);1-2H,(H,5,6,7). The minimum absolute atomic E-state index is 0.159. The van der Waals surface area contributed by atoms with Gasteiger partial charge in [-0.05, 0) is 19.8 Å². The molecule has 6 heteroatoms. The van der Waals surface area contributed by atoms with E-state index in [0.717, 1.165) is 25.7 Å². The predicted molar refractivity (Wildman–Crippen MR) is 64.5 cm³/mol. The van der Waals surface area contributed by atoms with E-state index in [1.165, 1.54) is 12.2 Å². The molecule has 4 N–H and O–H groups in total. The largest absolute Gasteiger partial charge is 0.481 e. The van der Waals surface area contributed by atoms with Gasteiger partial charge in [0.2, 0.25) is 0 Å². The number of nitrogens with one attached hydrogen (secondary N) is 1. The summed E-state index contributed by atoms with van der Waals surface area (Å²) in [6.07, 6.45) is 6.04. The summed E-state index contributed by atoms with van der Waals surface area (Å²) < 4.78 is 0. The van der Waals surface area contributed by atoms with Crippen molar-refractivity contribution in [1.82, 2.24) is 5.32 Å². The molecular weight excluding hydrogens is 236 g/mol. The topological polar surface area (TPSA) is 109 Å². The van der Waals surface area contributed by atoms with Crippen molar-refractivity contribution in [2.75, 3.05) is 0 Å². The van der Waals surface area contributed by atoms with E-state index in [0.29, 0.717) is 0 Å². The number of carbonyl (C=O) groups excluding carboxylic acids is 2. The second kappa shape index (κ2) is 5.77. The zero-order valence-corrected chi connectivity index (χ0v) is 10.3. The first kappa shape index (κ1) is 14.4. The van der Waals surface area contributed by atoms with E-state index >= 15 is 0 Å². The van der Waals surface area contributed by atoms with Gasteiger partial charge < -0.3 is 10.8 Å². The van der Waals surface area contributed by atoms with Gasteiger partial charge in [0.1, 0.15) is 0 Å². The van der Waals surface area contributed by atoms with Crippen LogP contribution in [0.15, 0.2) is 12.2 Å². The fraction of sp³-hybridized carbons (Fsp3) is 0.583. The molecule has 2 atom stereocenters. The van der Waals surface area contributed by atoms with E-state index in [1.807, 2.05) is 5.32 Å². The number of carbonyl (C=O) groups is 3. The van der Waals surface area contributed by atoms with E-state index < -0.39 is 11.4 Å². The van der Waals surface area contributed by atoms with Crippen LogP contribution in [0.3, 0.4) is 0 Å². The number of nitrogens with two attached hydrogens (primary N) is 1. The molecule has 1 aliphatic heterocycles. The van der Waals surface area contributed by atoms with Crippen LogP contribution in [-0.4, -0.2) is 28.9 Å². The molecule has 0 radical (unpaired) electrons. The maximum atomic E-state index is 10.8. The third-order valence-electron chi connectivity index (χ3n) is 3.40. The molecule has 2 aliphatic rings. The summed E-state index contributed by atoms with van der Waals surface area (Å²) >= 11 is 0. The Balaban J connectivity index is 0.000000199. The Kier molecular flexibility index (Phi) is 4.61. The highest BCUT2D eigenvalue weighted by molar-refractivity contribution is 6.12. The maximum Gasteiger partial charge on any atom is 0.310 e. The third-order valence-corrected chi connectivity index (χ3v) is 3.40. The second-order valence-corrected chi connectivity index (χ2v) is 4.76. The van der Waals surface area contributed by atoms with Crippen LogP contribution < -0.4 is 11.1 Å². The molecule has 0 aromatic heterocycles. The van der Waals surface area contributed by atoms with Crippen molar-refractivity contribution in [3.63, 3.8) is 0 Å². The smallest absolute Gasteiger partial charge is 0.310 e. The minimum atomic E-state index is -0.746. The third kappa shape index (κ3) is 3.40. The average Bonchev–Trinajstić information content (AvgIpc) is 2.67. The van der Waals surface area contributed by atoms with Crippen LogP contribution in [-0.2, 0) is 14.4 Å². The van der Waals surface area contributed by atoms with Crippen LogP contribution in [0.1, 0.15) is 32.6 Å². The highest BCUT2D eigenvalue weighted by Crippen LogP contribution is 2.34. The summed E-state index contributed by atoms with van der Waals surface area (Å²) in [7, 11) is 0. The van der Waals surface area contributed by atoms with Crippen molar-refractivity contribution in [2.45, 2.75) is 38.6 Å². The van der Waals surface area contributed by atoms with Crippen molar-refractivity contribution in [1.29, 1.82) is 0 Å². The molecule has 0 spiro atoms. The number of imide groups is 1. The molecule has 1 saturated carbocycles. The lowest BCUT2D eigenvalue weighted by atomic mass is 9.72. The predicted octanol–water partition coefficient (Wildman–Crippen LogP) is 0.178. The van der Waals surface area contributed by atoms with Crippen molar-refractivity contribution in [3.05, 3.63) is 12.2 Å². The minimum Gasteiger partial charge on any atom is -0.481 e. The van der Waals surface area contributed by atoms with Gasteiger partial charge in [0.05, 0.1) is 5.41 Å². The first-order valence-corrected chi connectivity index (χ1v) is 5.88. The Hall–Kier alpha value is -1.69. The lowest BCUT2D eigenvalue weighted by molar-refractivity contribution is -0.150. The number of hydrogen-bond acceptors (Lipinski definition) is 4. The van der Waals surface area contributed by atoms with Gasteiger partial charge in [-0.3, -0.25) is 19.7 Å². The molecule has 2 rings (SSSR count). The first-order chi connectivity index (χ1) is 8.36. The van der Waals surface area contributed by atoms with E-state index in [-0.39, 0.29) is 17.9 Å². The quantitative estimate of drug-likeness (QED) is 0.578. The van der Waals surface area contributed by atoms with Gasteiger partial charge in [0.25, 0.3) is 11.8 Å². The Morgan fingerprint density at radius 1 is 1.39 bits per heavy atom. The van der Waals surface area contributed by atoms with Crippen molar-refractivity contribution < 1.29 is 19.5 Å². The molecule has 0 aromatic rings. The van der Waals surface area contributed by atoms with Crippen molar-refractivity contribution >= 4 is 17.8 Å². The molecule has 1 heterocycles. The zero-order chi connectivity index (χ0) is 13.8. The summed E-state index contributed by atoms with van der Waals surface area (Å²) in [5, 5.41) is 10.9. The van der Waals surface area contributed by atoms with E-state index in [4.69, 9.17) is 10.8 Å². The lowest BCUT2D eigenvalue weighted by Gasteiger charge is -2.35. The molecule has 2 amide bonds. The summed E-state index contributed by atoms with van der Waals surface area (Å²) in [5.41, 5.74) is 5.06. The van der Waals surface area contributed by atoms with Gasteiger partial charge in [-0.25, -0.2) is 0 Å². The Morgan fingerprint density at radius 2 is 1.94 bits per heavy atom. The Labute approximate surface area is 105 Å². The van der Waals surface area contributed by atoms with Crippen LogP contribution in [0.25, 0.3) is 0 Å². The molecular formula is C12H18N2O4. The summed E-state index contributed by atoms with van der Waals surface area (Å²) in [4.78, 5) is 30.9. The van der Waals surface area contributed by atoms with E-state index in [1.54, 1.807) is 6.92 Å². The number of carboxylic acid groups (broad SMARTS) is 1. The average molecular weight is 254 g/mol. The first-order valence-electron chi connectivity index (χ1n) is 5.88. The molecule has 18 heavy (non-hydrogen) atoms. The highest BCUT2D eigenvalue weighted by Gasteiger charge is 2.40. The normalized spacial score (nSPS) is 30.4. The number of amides is 2. The Morgan fingerprint density at radius 3 is 2.22 bits per heavy atom. The fourth-order valence-electron chi connectivity index (χ4n) is 1.98.